The highest BCUT2D eigenvalue weighted by Gasteiger charge is 2.06. The monoisotopic (exact) mass is 391 g/mol. The van der Waals surface area contributed by atoms with Gasteiger partial charge < -0.3 is 9.88 Å². The summed E-state index contributed by atoms with van der Waals surface area (Å²) in [6, 6.07) is 16.9. The van der Waals surface area contributed by atoms with Gasteiger partial charge >= 0.3 is 0 Å². The molecule has 0 radical (unpaired) electrons. The van der Waals surface area contributed by atoms with Crippen LogP contribution in [0.3, 0.4) is 0 Å². The van der Waals surface area contributed by atoms with E-state index < -0.39 is 0 Å². The summed E-state index contributed by atoms with van der Waals surface area (Å²) in [7, 11) is 2.20. The van der Waals surface area contributed by atoms with Crippen molar-refractivity contribution >= 4 is 16.7 Å². The summed E-state index contributed by atoms with van der Waals surface area (Å²) < 4.78 is 0. The zero-order valence-corrected chi connectivity index (χ0v) is 18.3. The summed E-state index contributed by atoms with van der Waals surface area (Å²) in [6.07, 6.45) is 13.9. The summed E-state index contributed by atoms with van der Waals surface area (Å²) in [4.78, 5) is 10.5. The number of hydrogen-bond acceptors (Lipinski definition) is 2. The van der Waals surface area contributed by atoms with E-state index in [1.165, 1.54) is 69.9 Å². The number of unbranched alkanes of at least 4 members (excludes halogenated alkanes) is 9. The van der Waals surface area contributed by atoms with Crippen LogP contribution < -0.4 is 4.90 Å². The topological polar surface area (TPSA) is 31.9 Å². The fraction of sp³-hybridized carbons (Fsp3) is 0.500. The minimum Gasteiger partial charge on any atom is -0.375 e. The Morgan fingerprint density at radius 3 is 2.03 bits per heavy atom. The lowest BCUT2D eigenvalue weighted by Crippen LogP contribution is -2.18. The molecule has 0 saturated heterocycles. The van der Waals surface area contributed by atoms with Gasteiger partial charge in [0.15, 0.2) is 0 Å². The molecule has 3 aromatic rings. The van der Waals surface area contributed by atoms with Gasteiger partial charge in [-0.1, -0.05) is 76.8 Å². The number of rotatable bonds is 13. The number of aromatic amines is 1. The Morgan fingerprint density at radius 1 is 0.759 bits per heavy atom. The standard InChI is InChI=1S/C26H37N3/c1-3-4-5-6-7-8-9-10-11-14-21-29(2)23-19-17-22(18-20-23)26-27-24-15-12-13-16-25(24)28-26/h12-13,15-20H,3-11,14,21H2,1-2H3,(H,27,28). The number of hydrogen-bond donors (Lipinski definition) is 1. The smallest absolute Gasteiger partial charge is 0.138 e. The predicted octanol–water partition coefficient (Wildman–Crippen LogP) is 7.59. The van der Waals surface area contributed by atoms with E-state index in [0.717, 1.165) is 29.0 Å². The number of benzene rings is 2. The maximum atomic E-state index is 4.69. The summed E-state index contributed by atoms with van der Waals surface area (Å²) in [5, 5.41) is 0. The van der Waals surface area contributed by atoms with Crippen LogP contribution in [-0.4, -0.2) is 23.6 Å². The molecule has 1 heterocycles. The Hall–Kier alpha value is -2.29. The van der Waals surface area contributed by atoms with E-state index in [2.05, 4.69) is 54.2 Å². The van der Waals surface area contributed by atoms with Crippen LogP contribution in [0.5, 0.6) is 0 Å². The molecule has 1 aromatic heterocycles. The summed E-state index contributed by atoms with van der Waals surface area (Å²) in [6.45, 7) is 3.41. The van der Waals surface area contributed by atoms with Crippen molar-refractivity contribution in [2.45, 2.75) is 71.1 Å². The van der Waals surface area contributed by atoms with Crippen LogP contribution in [0.15, 0.2) is 48.5 Å². The molecule has 0 fully saturated rings. The first-order valence-electron chi connectivity index (χ1n) is 11.5. The number of para-hydroxylation sites is 2. The highest BCUT2D eigenvalue weighted by molar-refractivity contribution is 5.79. The Balaban J connectivity index is 1.36. The van der Waals surface area contributed by atoms with Gasteiger partial charge in [-0.2, -0.15) is 0 Å². The summed E-state index contributed by atoms with van der Waals surface area (Å²) in [5.41, 5.74) is 4.52. The third-order valence-electron chi connectivity index (χ3n) is 5.82. The fourth-order valence-corrected chi connectivity index (χ4v) is 3.93. The first-order chi connectivity index (χ1) is 14.3. The van der Waals surface area contributed by atoms with E-state index in [4.69, 9.17) is 4.98 Å². The van der Waals surface area contributed by atoms with Crippen molar-refractivity contribution in [1.82, 2.24) is 9.97 Å². The van der Waals surface area contributed by atoms with Crippen LogP contribution in [0.25, 0.3) is 22.4 Å². The van der Waals surface area contributed by atoms with Gasteiger partial charge in [-0.25, -0.2) is 4.98 Å². The minimum absolute atomic E-state index is 0.940. The maximum absolute atomic E-state index is 4.69. The van der Waals surface area contributed by atoms with E-state index in [-0.39, 0.29) is 0 Å². The number of anilines is 1. The lowest BCUT2D eigenvalue weighted by atomic mass is 10.1. The average Bonchev–Trinajstić information content (AvgIpc) is 3.19. The Kier molecular flexibility index (Phi) is 8.60. The molecule has 0 unspecified atom stereocenters. The highest BCUT2D eigenvalue weighted by atomic mass is 15.1. The van der Waals surface area contributed by atoms with Crippen LogP contribution in [0, 0.1) is 0 Å². The second kappa shape index (κ2) is 11.6. The molecule has 2 aromatic carbocycles. The summed E-state index contributed by atoms with van der Waals surface area (Å²) >= 11 is 0. The number of aromatic nitrogens is 2. The van der Waals surface area contributed by atoms with E-state index in [1.807, 2.05) is 18.2 Å². The van der Waals surface area contributed by atoms with Gasteiger partial charge in [0.25, 0.3) is 0 Å². The van der Waals surface area contributed by atoms with Gasteiger partial charge in [0.1, 0.15) is 5.82 Å². The molecule has 3 heteroatoms. The third-order valence-corrected chi connectivity index (χ3v) is 5.82. The van der Waals surface area contributed by atoms with E-state index in [0.29, 0.717) is 0 Å². The average molecular weight is 392 g/mol. The molecular formula is C26H37N3. The second-order valence-electron chi connectivity index (χ2n) is 8.25. The molecule has 29 heavy (non-hydrogen) atoms. The number of imidazole rings is 1. The molecule has 1 N–H and O–H groups in total. The van der Waals surface area contributed by atoms with Gasteiger partial charge in [0, 0.05) is 24.8 Å². The molecular weight excluding hydrogens is 354 g/mol. The number of H-pyrrole nitrogens is 1. The number of nitrogens with zero attached hydrogens (tertiary/aromatic N) is 2. The molecule has 156 valence electrons. The Morgan fingerprint density at radius 2 is 1.38 bits per heavy atom. The van der Waals surface area contributed by atoms with Crippen LogP contribution in [0.1, 0.15) is 71.1 Å². The minimum atomic E-state index is 0.940. The lowest BCUT2D eigenvalue weighted by Gasteiger charge is -2.19. The SMILES string of the molecule is CCCCCCCCCCCCN(C)c1ccc(-c2nc3ccccc3[nH]2)cc1. The van der Waals surface area contributed by atoms with Crippen molar-refractivity contribution in [3.8, 4) is 11.4 Å². The third kappa shape index (κ3) is 6.62. The number of fused-ring (bicyclic) bond motifs is 1. The van der Waals surface area contributed by atoms with E-state index >= 15 is 0 Å². The molecule has 0 aliphatic rings. The number of nitrogens with one attached hydrogen (secondary N) is 1. The van der Waals surface area contributed by atoms with E-state index in [1.54, 1.807) is 0 Å². The summed E-state index contributed by atoms with van der Waals surface area (Å²) in [5.74, 6) is 0.940. The molecule has 0 atom stereocenters. The van der Waals surface area contributed by atoms with Crippen molar-refractivity contribution in [2.75, 3.05) is 18.5 Å². The first-order valence-corrected chi connectivity index (χ1v) is 11.5. The Bertz CT molecular complexity index is 802. The van der Waals surface area contributed by atoms with Gasteiger partial charge in [-0.3, -0.25) is 0 Å². The molecule has 0 aliphatic carbocycles. The first kappa shape index (κ1) is 21.4. The molecule has 3 nitrogen and oxygen atoms in total. The quantitative estimate of drug-likeness (QED) is 0.304. The highest BCUT2D eigenvalue weighted by Crippen LogP contribution is 2.23. The normalized spacial score (nSPS) is 11.2. The largest absolute Gasteiger partial charge is 0.375 e. The second-order valence-corrected chi connectivity index (χ2v) is 8.25. The Labute approximate surface area is 176 Å². The molecule has 0 bridgehead atoms. The van der Waals surface area contributed by atoms with Gasteiger partial charge in [-0.15, -0.1) is 0 Å². The zero-order chi connectivity index (χ0) is 20.3. The van der Waals surface area contributed by atoms with Crippen molar-refractivity contribution < 1.29 is 0 Å². The van der Waals surface area contributed by atoms with Crippen LogP contribution in [0.4, 0.5) is 5.69 Å². The molecule has 0 spiro atoms. The van der Waals surface area contributed by atoms with Crippen LogP contribution in [-0.2, 0) is 0 Å². The predicted molar refractivity (Wildman–Crippen MR) is 127 cm³/mol. The zero-order valence-electron chi connectivity index (χ0n) is 18.3. The lowest BCUT2D eigenvalue weighted by molar-refractivity contribution is 0.556. The van der Waals surface area contributed by atoms with Crippen molar-refractivity contribution in [3.05, 3.63) is 48.5 Å². The molecule has 0 amide bonds. The fourth-order valence-electron chi connectivity index (χ4n) is 3.93. The van der Waals surface area contributed by atoms with Crippen molar-refractivity contribution in [2.24, 2.45) is 0 Å². The molecule has 3 rings (SSSR count). The molecule has 0 aliphatic heterocycles. The van der Waals surface area contributed by atoms with Crippen molar-refractivity contribution in [1.29, 1.82) is 0 Å². The van der Waals surface area contributed by atoms with Gasteiger partial charge in [0.2, 0.25) is 0 Å². The maximum Gasteiger partial charge on any atom is 0.138 e. The van der Waals surface area contributed by atoms with Crippen LogP contribution >= 0.6 is 0 Å². The van der Waals surface area contributed by atoms with Gasteiger partial charge in [-0.05, 0) is 42.8 Å². The van der Waals surface area contributed by atoms with Crippen LogP contribution in [0.2, 0.25) is 0 Å². The van der Waals surface area contributed by atoms with E-state index in [9.17, 15) is 0 Å². The molecule has 0 saturated carbocycles. The van der Waals surface area contributed by atoms with Gasteiger partial charge in [0.05, 0.1) is 11.0 Å². The van der Waals surface area contributed by atoms with Crippen molar-refractivity contribution in [3.63, 3.8) is 0 Å².